The van der Waals surface area contributed by atoms with E-state index in [0.717, 1.165) is 21.2 Å². The van der Waals surface area contributed by atoms with Crippen molar-refractivity contribution in [2.75, 3.05) is 13.2 Å². The average molecular weight is 420 g/mol. The van der Waals surface area contributed by atoms with Gasteiger partial charge >= 0.3 is 5.97 Å². The van der Waals surface area contributed by atoms with Crippen LogP contribution in [0, 0.1) is 13.8 Å². The normalized spacial score (nSPS) is 11.5. The van der Waals surface area contributed by atoms with Gasteiger partial charge < -0.3 is 14.8 Å². The highest BCUT2D eigenvalue weighted by molar-refractivity contribution is 9.10. The van der Waals surface area contributed by atoms with E-state index in [4.69, 9.17) is 9.47 Å². The molecule has 0 saturated heterocycles. The van der Waals surface area contributed by atoms with Gasteiger partial charge in [0.1, 0.15) is 5.75 Å². The highest BCUT2D eigenvalue weighted by atomic mass is 79.9. The van der Waals surface area contributed by atoms with Crippen molar-refractivity contribution < 1.29 is 19.1 Å². The van der Waals surface area contributed by atoms with Crippen molar-refractivity contribution in [1.82, 2.24) is 5.32 Å². The second-order valence-corrected chi connectivity index (χ2v) is 6.94. The molecule has 1 amide bonds. The fourth-order valence-electron chi connectivity index (χ4n) is 2.53. The molecule has 0 heterocycles. The summed E-state index contributed by atoms with van der Waals surface area (Å²) in [4.78, 5) is 23.7. The van der Waals surface area contributed by atoms with Gasteiger partial charge in [0.05, 0.1) is 6.04 Å². The summed E-state index contributed by atoms with van der Waals surface area (Å²) in [5, 5.41) is 2.79. The van der Waals surface area contributed by atoms with Crippen LogP contribution in [0.1, 0.15) is 29.7 Å². The van der Waals surface area contributed by atoms with Gasteiger partial charge in [0.2, 0.25) is 0 Å². The van der Waals surface area contributed by atoms with Gasteiger partial charge in [0.15, 0.2) is 13.2 Å². The predicted octanol–water partition coefficient (Wildman–Crippen LogP) is 3.87. The molecule has 0 unspecified atom stereocenters. The molecule has 0 saturated carbocycles. The molecular formula is C20H22BrNO4. The predicted molar refractivity (Wildman–Crippen MR) is 103 cm³/mol. The zero-order valence-corrected chi connectivity index (χ0v) is 16.6. The summed E-state index contributed by atoms with van der Waals surface area (Å²) >= 11 is 3.45. The quantitative estimate of drug-likeness (QED) is 0.691. The van der Waals surface area contributed by atoms with Crippen LogP contribution >= 0.6 is 15.9 Å². The van der Waals surface area contributed by atoms with Gasteiger partial charge in [-0.2, -0.15) is 0 Å². The van der Waals surface area contributed by atoms with E-state index in [0.29, 0.717) is 5.75 Å². The lowest BCUT2D eigenvalue weighted by Crippen LogP contribution is -2.32. The van der Waals surface area contributed by atoms with Crippen LogP contribution < -0.4 is 10.1 Å². The standard InChI is InChI=1S/C20H22BrNO4/c1-13-8-14(2)10-16(9-13)25-12-20(24)26-11-19(23)22-15(3)17-6-4-5-7-18(17)21/h4-10,15H,11-12H2,1-3H3,(H,22,23)/t15-/m1/s1. The topological polar surface area (TPSA) is 64.6 Å². The minimum atomic E-state index is -0.590. The van der Waals surface area contributed by atoms with E-state index in [-0.39, 0.29) is 25.2 Å². The van der Waals surface area contributed by atoms with Crippen molar-refractivity contribution in [3.8, 4) is 5.75 Å². The van der Waals surface area contributed by atoms with Gasteiger partial charge in [-0.05, 0) is 55.7 Å². The number of hydrogen-bond acceptors (Lipinski definition) is 4. The molecule has 0 aliphatic rings. The molecule has 0 fully saturated rings. The van der Waals surface area contributed by atoms with Crippen molar-refractivity contribution in [2.45, 2.75) is 26.8 Å². The molecule has 0 aliphatic carbocycles. The summed E-state index contributed by atoms with van der Waals surface area (Å²) in [6, 6.07) is 13.1. The fraction of sp³-hybridized carbons (Fsp3) is 0.300. The van der Waals surface area contributed by atoms with Crippen molar-refractivity contribution in [1.29, 1.82) is 0 Å². The highest BCUT2D eigenvalue weighted by Crippen LogP contribution is 2.22. The Morgan fingerprint density at radius 2 is 1.73 bits per heavy atom. The molecule has 1 atom stereocenters. The first kappa shape index (κ1) is 20.0. The summed E-state index contributed by atoms with van der Waals surface area (Å²) in [6.45, 7) is 5.19. The van der Waals surface area contributed by atoms with Gasteiger partial charge in [-0.3, -0.25) is 4.79 Å². The van der Waals surface area contributed by atoms with Gasteiger partial charge in [-0.1, -0.05) is 40.2 Å². The Kier molecular flexibility index (Phi) is 7.21. The van der Waals surface area contributed by atoms with E-state index < -0.39 is 5.97 Å². The number of rotatable bonds is 7. The molecule has 0 spiro atoms. The van der Waals surface area contributed by atoms with E-state index in [9.17, 15) is 9.59 Å². The van der Waals surface area contributed by atoms with E-state index >= 15 is 0 Å². The minimum Gasteiger partial charge on any atom is -0.482 e. The summed E-state index contributed by atoms with van der Waals surface area (Å²) in [5.41, 5.74) is 3.05. The second kappa shape index (κ2) is 9.38. The second-order valence-electron chi connectivity index (χ2n) is 6.08. The van der Waals surface area contributed by atoms with Crippen molar-refractivity contribution in [3.63, 3.8) is 0 Å². The lowest BCUT2D eigenvalue weighted by molar-refractivity contribution is -0.150. The van der Waals surface area contributed by atoms with Crippen molar-refractivity contribution >= 4 is 27.8 Å². The zero-order chi connectivity index (χ0) is 19.1. The molecule has 138 valence electrons. The highest BCUT2D eigenvalue weighted by Gasteiger charge is 2.14. The van der Waals surface area contributed by atoms with Gasteiger partial charge in [0, 0.05) is 4.47 Å². The van der Waals surface area contributed by atoms with Crippen LogP contribution in [0.15, 0.2) is 46.9 Å². The molecular weight excluding hydrogens is 398 g/mol. The van der Waals surface area contributed by atoms with Crippen LogP contribution in [-0.4, -0.2) is 25.1 Å². The van der Waals surface area contributed by atoms with Crippen LogP contribution in [-0.2, 0) is 14.3 Å². The maximum atomic E-state index is 12.0. The van der Waals surface area contributed by atoms with Crippen LogP contribution in [0.2, 0.25) is 0 Å². The molecule has 1 N–H and O–H groups in total. The molecule has 2 aromatic rings. The van der Waals surface area contributed by atoms with Gasteiger partial charge in [0.25, 0.3) is 5.91 Å². The molecule has 26 heavy (non-hydrogen) atoms. The molecule has 2 rings (SSSR count). The SMILES string of the molecule is Cc1cc(C)cc(OCC(=O)OCC(=O)N[C@H](C)c2ccccc2Br)c1. The minimum absolute atomic E-state index is 0.205. The van der Waals surface area contributed by atoms with Crippen LogP contribution in [0.3, 0.4) is 0 Å². The van der Waals surface area contributed by atoms with Crippen molar-refractivity contribution in [3.05, 3.63) is 63.6 Å². The molecule has 0 bridgehead atoms. The Hall–Kier alpha value is -2.34. The molecule has 0 aliphatic heterocycles. The third kappa shape index (κ3) is 6.19. The largest absolute Gasteiger partial charge is 0.482 e. The van der Waals surface area contributed by atoms with E-state index in [2.05, 4.69) is 21.2 Å². The zero-order valence-electron chi connectivity index (χ0n) is 15.0. The number of carbonyl (C=O) groups is 2. The van der Waals surface area contributed by atoms with Crippen molar-refractivity contribution in [2.24, 2.45) is 0 Å². The van der Waals surface area contributed by atoms with E-state index in [1.165, 1.54) is 0 Å². The first-order valence-electron chi connectivity index (χ1n) is 8.25. The van der Waals surface area contributed by atoms with Crippen LogP contribution in [0.5, 0.6) is 5.75 Å². The molecule has 0 aromatic heterocycles. The molecule has 2 aromatic carbocycles. The summed E-state index contributed by atoms with van der Waals surface area (Å²) in [6.07, 6.45) is 0. The average Bonchev–Trinajstić information content (AvgIpc) is 2.57. The maximum absolute atomic E-state index is 12.0. The Labute approximate surface area is 161 Å². The van der Waals surface area contributed by atoms with Crippen LogP contribution in [0.25, 0.3) is 0 Å². The first-order valence-corrected chi connectivity index (χ1v) is 9.05. The van der Waals surface area contributed by atoms with Gasteiger partial charge in [-0.15, -0.1) is 0 Å². The lowest BCUT2D eigenvalue weighted by atomic mass is 10.1. The smallest absolute Gasteiger partial charge is 0.344 e. The number of benzene rings is 2. The lowest BCUT2D eigenvalue weighted by Gasteiger charge is -2.16. The fourth-order valence-corrected chi connectivity index (χ4v) is 3.16. The monoisotopic (exact) mass is 419 g/mol. The van der Waals surface area contributed by atoms with E-state index in [1.54, 1.807) is 0 Å². The first-order chi connectivity index (χ1) is 12.3. The molecule has 5 nitrogen and oxygen atoms in total. The third-order valence-electron chi connectivity index (χ3n) is 3.67. The van der Waals surface area contributed by atoms with Crippen LogP contribution in [0.4, 0.5) is 0 Å². The Balaban J connectivity index is 1.76. The summed E-state index contributed by atoms with van der Waals surface area (Å²) < 4.78 is 11.3. The number of aryl methyl sites for hydroxylation is 2. The number of amides is 1. The number of esters is 1. The van der Waals surface area contributed by atoms with E-state index in [1.807, 2.05) is 63.2 Å². The number of nitrogens with one attached hydrogen (secondary N) is 1. The van der Waals surface area contributed by atoms with Gasteiger partial charge in [-0.25, -0.2) is 4.79 Å². The number of carbonyl (C=O) groups excluding carboxylic acids is 2. The Morgan fingerprint density at radius 3 is 2.38 bits per heavy atom. The number of hydrogen-bond donors (Lipinski definition) is 1. The molecule has 0 radical (unpaired) electrons. The number of halogens is 1. The summed E-state index contributed by atoms with van der Waals surface area (Å²) in [7, 11) is 0. The number of ether oxygens (including phenoxy) is 2. The maximum Gasteiger partial charge on any atom is 0.344 e. The Morgan fingerprint density at radius 1 is 1.08 bits per heavy atom. The third-order valence-corrected chi connectivity index (χ3v) is 4.39. The summed E-state index contributed by atoms with van der Waals surface area (Å²) in [5.74, 6) is -0.354. The molecule has 6 heteroatoms. The Bertz CT molecular complexity index is 771.